The van der Waals surface area contributed by atoms with E-state index in [1.54, 1.807) is 0 Å². The molecule has 8 heteroatoms. The maximum atomic E-state index is 13.5. The zero-order valence-corrected chi connectivity index (χ0v) is 10.1. The van der Waals surface area contributed by atoms with Gasteiger partial charge in [0.15, 0.2) is 11.6 Å². The third-order valence-corrected chi connectivity index (χ3v) is 2.54. The summed E-state index contributed by atoms with van der Waals surface area (Å²) in [5.41, 5.74) is -0.703. The third kappa shape index (κ3) is 2.35. The van der Waals surface area contributed by atoms with Crippen molar-refractivity contribution in [2.24, 2.45) is 0 Å². The molecule has 0 fully saturated rings. The van der Waals surface area contributed by atoms with Crippen LogP contribution in [-0.4, -0.2) is 34.4 Å². The quantitative estimate of drug-likeness (QED) is 0.838. The highest BCUT2D eigenvalue weighted by Gasteiger charge is 2.19. The highest BCUT2D eigenvalue weighted by Crippen LogP contribution is 2.24. The summed E-state index contributed by atoms with van der Waals surface area (Å²) in [6, 6.07) is 2.98. The van der Waals surface area contributed by atoms with Gasteiger partial charge in [-0.15, -0.1) is 0 Å². The molecule has 20 heavy (non-hydrogen) atoms. The van der Waals surface area contributed by atoms with E-state index in [1.165, 1.54) is 0 Å². The summed E-state index contributed by atoms with van der Waals surface area (Å²) in [4.78, 5) is 22.0. The van der Waals surface area contributed by atoms with E-state index in [-0.39, 0.29) is 17.0 Å². The van der Waals surface area contributed by atoms with Crippen LogP contribution < -0.4 is 0 Å². The minimum Gasteiger partial charge on any atom is -0.477 e. The number of aromatic nitrogens is 2. The molecular formula is C12H8F2N2O4. The van der Waals surface area contributed by atoms with E-state index in [9.17, 15) is 18.4 Å². The number of nitrogens with zero attached hydrogens (tertiary/aromatic N) is 1. The Labute approximate surface area is 111 Å². The molecule has 0 unspecified atom stereocenters. The monoisotopic (exact) mass is 282 g/mol. The summed E-state index contributed by atoms with van der Waals surface area (Å²) in [6.07, 6.45) is 0. The fraction of sp³-hybridized carbons (Fsp3) is 0.0833. The van der Waals surface area contributed by atoms with Gasteiger partial charge in [0.1, 0.15) is 5.69 Å². The van der Waals surface area contributed by atoms with Crippen molar-refractivity contribution in [3.05, 3.63) is 41.1 Å². The van der Waals surface area contributed by atoms with Crippen molar-refractivity contribution in [1.29, 1.82) is 0 Å². The van der Waals surface area contributed by atoms with E-state index in [1.807, 2.05) is 0 Å². The van der Waals surface area contributed by atoms with Gasteiger partial charge >= 0.3 is 11.9 Å². The standard InChI is InChI=1S/C12H8F2N2O4/c1-20-12(19)6-2-5(3-7(13)10(6)14)8-4-9(11(17)18)16-15-8/h2-4H,1H3,(H,15,16)(H,17,18). The topological polar surface area (TPSA) is 92.3 Å². The number of nitrogens with one attached hydrogen (secondary N) is 1. The highest BCUT2D eigenvalue weighted by molar-refractivity contribution is 5.91. The predicted molar refractivity (Wildman–Crippen MR) is 62.2 cm³/mol. The molecule has 0 aliphatic rings. The number of halogens is 2. The molecule has 2 rings (SSSR count). The Morgan fingerprint density at radius 2 is 2.00 bits per heavy atom. The third-order valence-electron chi connectivity index (χ3n) is 2.54. The van der Waals surface area contributed by atoms with Crippen LogP contribution in [0.2, 0.25) is 0 Å². The number of carboxylic acids is 1. The van der Waals surface area contributed by atoms with Crippen LogP contribution in [0.5, 0.6) is 0 Å². The van der Waals surface area contributed by atoms with Crippen LogP contribution in [0.4, 0.5) is 8.78 Å². The average molecular weight is 282 g/mol. The van der Waals surface area contributed by atoms with Gasteiger partial charge in [0.05, 0.1) is 18.4 Å². The van der Waals surface area contributed by atoms with Gasteiger partial charge < -0.3 is 9.84 Å². The van der Waals surface area contributed by atoms with Crippen molar-refractivity contribution in [3.8, 4) is 11.3 Å². The Morgan fingerprint density at radius 3 is 2.55 bits per heavy atom. The fourth-order valence-corrected chi connectivity index (χ4v) is 1.57. The van der Waals surface area contributed by atoms with Gasteiger partial charge in [-0.2, -0.15) is 5.10 Å². The number of hydrogen-bond donors (Lipinski definition) is 2. The molecule has 0 aliphatic carbocycles. The Morgan fingerprint density at radius 1 is 1.30 bits per heavy atom. The number of ether oxygens (including phenoxy) is 1. The summed E-state index contributed by atoms with van der Waals surface area (Å²) < 4.78 is 31.3. The number of aromatic carboxylic acids is 1. The van der Waals surface area contributed by atoms with Crippen LogP contribution >= 0.6 is 0 Å². The van der Waals surface area contributed by atoms with Gasteiger partial charge in [-0.25, -0.2) is 18.4 Å². The maximum absolute atomic E-state index is 13.5. The molecule has 0 saturated carbocycles. The number of aromatic amines is 1. The van der Waals surface area contributed by atoms with Crippen molar-refractivity contribution in [2.45, 2.75) is 0 Å². The minimum atomic E-state index is -1.34. The van der Waals surface area contributed by atoms with Crippen molar-refractivity contribution in [2.75, 3.05) is 7.11 Å². The molecule has 6 nitrogen and oxygen atoms in total. The number of rotatable bonds is 3. The number of hydrogen-bond acceptors (Lipinski definition) is 4. The van der Waals surface area contributed by atoms with Gasteiger partial charge in [0.2, 0.25) is 0 Å². The van der Waals surface area contributed by atoms with Crippen LogP contribution in [0.15, 0.2) is 18.2 Å². The Bertz CT molecular complexity index is 697. The Balaban J connectivity index is 2.54. The van der Waals surface area contributed by atoms with Gasteiger partial charge in [-0.1, -0.05) is 0 Å². The first-order chi connectivity index (χ1) is 9.43. The second kappa shape index (κ2) is 5.08. The molecule has 0 saturated heterocycles. The number of carbonyl (C=O) groups is 2. The summed E-state index contributed by atoms with van der Waals surface area (Å²) in [5, 5.41) is 14.6. The van der Waals surface area contributed by atoms with Gasteiger partial charge in [-0.3, -0.25) is 5.10 Å². The van der Waals surface area contributed by atoms with E-state index >= 15 is 0 Å². The normalized spacial score (nSPS) is 10.3. The van der Waals surface area contributed by atoms with Crippen LogP contribution in [0.25, 0.3) is 11.3 Å². The van der Waals surface area contributed by atoms with Crippen LogP contribution in [-0.2, 0) is 4.74 Å². The second-order valence-electron chi connectivity index (χ2n) is 3.78. The highest BCUT2D eigenvalue weighted by atomic mass is 19.2. The molecule has 0 atom stereocenters. The molecule has 0 bridgehead atoms. The lowest BCUT2D eigenvalue weighted by Crippen LogP contribution is -2.06. The van der Waals surface area contributed by atoms with E-state index in [0.29, 0.717) is 0 Å². The number of esters is 1. The Kier molecular flexibility index (Phi) is 3.47. The van der Waals surface area contributed by atoms with E-state index in [0.717, 1.165) is 25.3 Å². The largest absolute Gasteiger partial charge is 0.477 e. The summed E-state index contributed by atoms with van der Waals surface area (Å²) in [6.45, 7) is 0. The van der Waals surface area contributed by atoms with Crippen LogP contribution in [0.3, 0.4) is 0 Å². The minimum absolute atomic E-state index is 0.0491. The predicted octanol–water partition coefficient (Wildman–Crippen LogP) is 1.84. The summed E-state index contributed by atoms with van der Waals surface area (Å²) in [5.74, 6) is -4.89. The van der Waals surface area contributed by atoms with Crippen molar-refractivity contribution < 1.29 is 28.2 Å². The molecule has 1 aromatic carbocycles. The number of carboxylic acid groups (broad SMARTS) is 1. The lowest BCUT2D eigenvalue weighted by Gasteiger charge is -2.04. The average Bonchev–Trinajstić information content (AvgIpc) is 2.90. The fourth-order valence-electron chi connectivity index (χ4n) is 1.57. The molecule has 0 spiro atoms. The zero-order valence-electron chi connectivity index (χ0n) is 10.1. The van der Waals surface area contributed by atoms with Gasteiger partial charge in [0.25, 0.3) is 0 Å². The molecule has 0 amide bonds. The molecule has 104 valence electrons. The van der Waals surface area contributed by atoms with Crippen molar-refractivity contribution in [3.63, 3.8) is 0 Å². The van der Waals surface area contributed by atoms with E-state index in [4.69, 9.17) is 5.11 Å². The maximum Gasteiger partial charge on any atom is 0.353 e. The number of methoxy groups -OCH3 is 1. The molecule has 0 radical (unpaired) electrons. The lowest BCUT2D eigenvalue weighted by molar-refractivity contribution is 0.0593. The SMILES string of the molecule is COC(=O)c1cc(-c2cc(C(=O)O)[nH]n2)cc(F)c1F. The molecule has 2 aromatic rings. The van der Waals surface area contributed by atoms with Crippen molar-refractivity contribution >= 4 is 11.9 Å². The molecule has 1 heterocycles. The van der Waals surface area contributed by atoms with Crippen LogP contribution in [0.1, 0.15) is 20.8 Å². The summed E-state index contributed by atoms with van der Waals surface area (Å²) >= 11 is 0. The van der Waals surface area contributed by atoms with Gasteiger partial charge in [-0.05, 0) is 18.2 Å². The first-order valence-electron chi connectivity index (χ1n) is 5.30. The smallest absolute Gasteiger partial charge is 0.353 e. The first kappa shape index (κ1) is 13.7. The van der Waals surface area contributed by atoms with Crippen molar-refractivity contribution in [1.82, 2.24) is 10.2 Å². The molecule has 2 N–H and O–H groups in total. The first-order valence-corrected chi connectivity index (χ1v) is 5.30. The van der Waals surface area contributed by atoms with Crippen LogP contribution in [0, 0.1) is 11.6 Å². The molecule has 1 aromatic heterocycles. The van der Waals surface area contributed by atoms with Gasteiger partial charge in [0, 0.05) is 5.56 Å². The summed E-state index contributed by atoms with van der Waals surface area (Å²) in [7, 11) is 1.03. The van der Waals surface area contributed by atoms with E-state index in [2.05, 4.69) is 14.9 Å². The number of benzene rings is 1. The molecular weight excluding hydrogens is 274 g/mol. The number of carbonyl (C=O) groups excluding carboxylic acids is 1. The number of H-pyrrole nitrogens is 1. The van der Waals surface area contributed by atoms with E-state index < -0.39 is 29.1 Å². The second-order valence-corrected chi connectivity index (χ2v) is 3.78. The Hall–Kier alpha value is -2.77. The zero-order chi connectivity index (χ0) is 14.9. The lowest BCUT2D eigenvalue weighted by atomic mass is 10.1. The molecule has 0 aliphatic heterocycles.